The molecule has 0 fully saturated rings. The van der Waals surface area contributed by atoms with E-state index in [0.29, 0.717) is 5.56 Å². The molecule has 0 amide bonds. The summed E-state index contributed by atoms with van der Waals surface area (Å²) >= 11 is 0. The molecule has 1 atom stereocenters. The van der Waals surface area contributed by atoms with Gasteiger partial charge in [0.25, 0.3) is 0 Å². The topological polar surface area (TPSA) is 97.1 Å². The predicted octanol–water partition coefficient (Wildman–Crippen LogP) is 0.538. The van der Waals surface area contributed by atoms with E-state index in [1.807, 2.05) is 0 Å². The monoisotopic (exact) mass is 310 g/mol. The fraction of sp³-hybridized carbons (Fsp3) is 0.385. The quantitative estimate of drug-likeness (QED) is 0.836. The number of pyridine rings is 1. The predicted molar refractivity (Wildman–Crippen MR) is 78.6 cm³/mol. The number of nitrogens with one attached hydrogen (secondary N) is 1. The molecule has 0 saturated carbocycles. The molecule has 0 radical (unpaired) electrons. The smallest absolute Gasteiger partial charge is 0.179 e. The van der Waals surface area contributed by atoms with Crippen LogP contribution >= 0.6 is 0 Å². The van der Waals surface area contributed by atoms with Crippen molar-refractivity contribution in [3.05, 3.63) is 36.3 Å². The van der Waals surface area contributed by atoms with E-state index < -0.39 is 15.4 Å². The Labute approximate surface area is 123 Å². The first kappa shape index (κ1) is 15.5. The van der Waals surface area contributed by atoms with Crippen LogP contribution in [0.2, 0.25) is 0 Å². The molecule has 2 aromatic rings. The average molecular weight is 310 g/mol. The molecular weight excluding hydrogens is 292 g/mol. The number of aliphatic hydroxyl groups is 1. The second kappa shape index (κ2) is 5.45. The Balaban J connectivity index is 2.21. The molecule has 0 saturated heterocycles. The van der Waals surface area contributed by atoms with E-state index >= 15 is 0 Å². The van der Waals surface area contributed by atoms with Gasteiger partial charge in [-0.05, 0) is 19.1 Å². The molecule has 114 valence electrons. The lowest BCUT2D eigenvalue weighted by Gasteiger charge is -2.23. The first-order valence-corrected chi connectivity index (χ1v) is 8.20. The van der Waals surface area contributed by atoms with E-state index in [1.54, 1.807) is 37.1 Å². The van der Waals surface area contributed by atoms with Gasteiger partial charge in [0.2, 0.25) is 0 Å². The standard InChI is InChI=1S/C13H18N4O3S/c1-13(18,10-7-16-17(2)8-10)9-15-12-11(21(3,19)20)5-4-6-14-12/h4-8,18H,9H2,1-3H3,(H,14,15). The Morgan fingerprint density at radius 2 is 2.19 bits per heavy atom. The summed E-state index contributed by atoms with van der Waals surface area (Å²) in [7, 11) is -1.63. The van der Waals surface area contributed by atoms with Crippen LogP contribution in [0, 0.1) is 0 Å². The van der Waals surface area contributed by atoms with Gasteiger partial charge >= 0.3 is 0 Å². The van der Waals surface area contributed by atoms with Crippen LogP contribution in [0.3, 0.4) is 0 Å². The first-order chi connectivity index (χ1) is 9.70. The maximum Gasteiger partial charge on any atom is 0.179 e. The number of rotatable bonds is 5. The third-order valence-electron chi connectivity index (χ3n) is 3.10. The first-order valence-electron chi connectivity index (χ1n) is 6.30. The second-order valence-corrected chi connectivity index (χ2v) is 7.14. The molecule has 0 aliphatic heterocycles. The van der Waals surface area contributed by atoms with Crippen molar-refractivity contribution in [3.8, 4) is 0 Å². The van der Waals surface area contributed by atoms with Crippen molar-refractivity contribution >= 4 is 15.7 Å². The highest BCUT2D eigenvalue weighted by atomic mass is 32.2. The molecule has 21 heavy (non-hydrogen) atoms. The maximum absolute atomic E-state index is 11.7. The van der Waals surface area contributed by atoms with E-state index in [0.717, 1.165) is 6.26 Å². The third-order valence-corrected chi connectivity index (χ3v) is 4.23. The molecule has 0 aromatic carbocycles. The Bertz CT molecular complexity index is 737. The summed E-state index contributed by atoms with van der Waals surface area (Å²) in [4.78, 5) is 4.13. The Morgan fingerprint density at radius 1 is 1.48 bits per heavy atom. The van der Waals surface area contributed by atoms with Crippen molar-refractivity contribution in [2.45, 2.75) is 17.4 Å². The molecular formula is C13H18N4O3S. The van der Waals surface area contributed by atoms with Crippen LogP contribution in [0.4, 0.5) is 5.82 Å². The van der Waals surface area contributed by atoms with Crippen molar-refractivity contribution in [2.24, 2.45) is 7.05 Å². The minimum absolute atomic E-state index is 0.104. The molecule has 1 unspecified atom stereocenters. The van der Waals surface area contributed by atoms with Crippen LogP contribution in [0.15, 0.2) is 35.6 Å². The number of aryl methyl sites for hydroxylation is 1. The fourth-order valence-electron chi connectivity index (χ4n) is 1.88. The highest BCUT2D eigenvalue weighted by Crippen LogP contribution is 2.23. The maximum atomic E-state index is 11.7. The highest BCUT2D eigenvalue weighted by Gasteiger charge is 2.25. The van der Waals surface area contributed by atoms with Crippen LogP contribution in [-0.4, -0.2) is 41.1 Å². The molecule has 7 nitrogen and oxygen atoms in total. The van der Waals surface area contributed by atoms with Crippen molar-refractivity contribution in [2.75, 3.05) is 18.1 Å². The number of hydrogen-bond acceptors (Lipinski definition) is 6. The lowest BCUT2D eigenvalue weighted by Crippen LogP contribution is -2.31. The van der Waals surface area contributed by atoms with Crippen molar-refractivity contribution in [1.29, 1.82) is 0 Å². The molecule has 0 spiro atoms. The lowest BCUT2D eigenvalue weighted by molar-refractivity contribution is 0.0713. The summed E-state index contributed by atoms with van der Waals surface area (Å²) in [6.45, 7) is 1.73. The van der Waals surface area contributed by atoms with Gasteiger partial charge in [-0.3, -0.25) is 4.68 Å². The van der Waals surface area contributed by atoms with Gasteiger partial charge < -0.3 is 10.4 Å². The number of anilines is 1. The van der Waals surface area contributed by atoms with E-state index in [4.69, 9.17) is 0 Å². The van der Waals surface area contributed by atoms with Crippen molar-refractivity contribution < 1.29 is 13.5 Å². The van der Waals surface area contributed by atoms with Gasteiger partial charge in [0.15, 0.2) is 9.84 Å². The summed E-state index contributed by atoms with van der Waals surface area (Å²) in [6.07, 6.45) is 5.89. The van der Waals surface area contributed by atoms with Gasteiger partial charge in [0.05, 0.1) is 6.20 Å². The highest BCUT2D eigenvalue weighted by molar-refractivity contribution is 7.90. The van der Waals surface area contributed by atoms with Crippen LogP contribution in [-0.2, 0) is 22.5 Å². The third kappa shape index (κ3) is 3.59. The number of hydrogen-bond donors (Lipinski definition) is 2. The fourth-order valence-corrected chi connectivity index (χ4v) is 2.68. The minimum atomic E-state index is -3.38. The molecule has 0 aliphatic carbocycles. The van der Waals surface area contributed by atoms with Gasteiger partial charge in [0, 0.05) is 37.8 Å². The van der Waals surface area contributed by atoms with Crippen LogP contribution in [0.1, 0.15) is 12.5 Å². The van der Waals surface area contributed by atoms with Gasteiger partial charge in [-0.1, -0.05) is 0 Å². The van der Waals surface area contributed by atoms with E-state index in [2.05, 4.69) is 15.4 Å². The number of sulfone groups is 1. The van der Waals surface area contributed by atoms with E-state index in [1.165, 1.54) is 12.3 Å². The molecule has 2 heterocycles. The van der Waals surface area contributed by atoms with E-state index in [-0.39, 0.29) is 17.3 Å². The Morgan fingerprint density at radius 3 is 2.76 bits per heavy atom. The molecule has 0 bridgehead atoms. The lowest BCUT2D eigenvalue weighted by atomic mass is 10.00. The Hall–Kier alpha value is -1.93. The molecule has 8 heteroatoms. The van der Waals surface area contributed by atoms with Gasteiger partial charge in [-0.2, -0.15) is 5.10 Å². The summed E-state index contributed by atoms with van der Waals surface area (Å²) in [5, 5.41) is 17.4. The molecule has 2 N–H and O–H groups in total. The average Bonchev–Trinajstić information content (AvgIpc) is 2.83. The van der Waals surface area contributed by atoms with Gasteiger partial charge in [0.1, 0.15) is 16.3 Å². The summed E-state index contributed by atoms with van der Waals surface area (Å²) in [6, 6.07) is 3.03. The Kier molecular flexibility index (Phi) is 4.02. The summed E-state index contributed by atoms with van der Waals surface area (Å²) in [5.41, 5.74) is -0.560. The largest absolute Gasteiger partial charge is 0.383 e. The normalized spacial score (nSPS) is 14.7. The zero-order chi connectivity index (χ0) is 15.7. The van der Waals surface area contributed by atoms with Gasteiger partial charge in [-0.15, -0.1) is 0 Å². The zero-order valence-corrected chi connectivity index (χ0v) is 12.9. The van der Waals surface area contributed by atoms with Crippen LogP contribution in [0.5, 0.6) is 0 Å². The SMILES string of the molecule is Cn1cc(C(C)(O)CNc2ncccc2S(C)(=O)=O)cn1. The molecule has 0 aliphatic rings. The van der Waals surface area contributed by atoms with Gasteiger partial charge in [-0.25, -0.2) is 13.4 Å². The minimum Gasteiger partial charge on any atom is -0.383 e. The zero-order valence-electron chi connectivity index (χ0n) is 12.1. The molecule has 2 rings (SSSR count). The second-order valence-electron chi connectivity index (χ2n) is 5.15. The summed E-state index contributed by atoms with van der Waals surface area (Å²) in [5.74, 6) is 0.226. The van der Waals surface area contributed by atoms with E-state index in [9.17, 15) is 13.5 Å². The summed E-state index contributed by atoms with van der Waals surface area (Å²) < 4.78 is 25.0. The molecule has 2 aromatic heterocycles. The van der Waals surface area contributed by atoms with Crippen molar-refractivity contribution in [1.82, 2.24) is 14.8 Å². The van der Waals surface area contributed by atoms with Crippen molar-refractivity contribution in [3.63, 3.8) is 0 Å². The number of aromatic nitrogens is 3. The van der Waals surface area contributed by atoms with Crippen LogP contribution in [0.25, 0.3) is 0 Å². The van der Waals surface area contributed by atoms with Crippen LogP contribution < -0.4 is 5.32 Å². The number of nitrogens with zero attached hydrogens (tertiary/aromatic N) is 3.